The molecule has 4 nitrogen and oxygen atoms in total. The topological polar surface area (TPSA) is 42.4 Å². The van der Waals surface area contributed by atoms with Gasteiger partial charge in [-0.3, -0.25) is 9.78 Å². The van der Waals surface area contributed by atoms with Crippen molar-refractivity contribution in [1.29, 1.82) is 0 Å². The van der Waals surface area contributed by atoms with Gasteiger partial charge in [0.15, 0.2) is 0 Å². The van der Waals surface area contributed by atoms with Crippen LogP contribution >= 0.6 is 0 Å². The summed E-state index contributed by atoms with van der Waals surface area (Å²) in [7, 11) is 0. The van der Waals surface area contributed by atoms with Gasteiger partial charge in [0, 0.05) is 25.4 Å². The molecule has 2 heterocycles. The first kappa shape index (κ1) is 14.7. The standard InChI is InChI=1S/C18H20N2O2/c21-18(9-8-15-5-4-10-19-13-15)20-11-12-22-17(14-20)16-6-2-1-3-7-16/h1-7,10,13,17H,8-9,11-12,14H2. The lowest BCUT2D eigenvalue weighted by molar-refractivity contribution is -0.139. The van der Waals surface area contributed by atoms with Crippen molar-refractivity contribution in [3.05, 3.63) is 66.0 Å². The van der Waals surface area contributed by atoms with Crippen molar-refractivity contribution >= 4 is 5.91 Å². The van der Waals surface area contributed by atoms with E-state index in [4.69, 9.17) is 4.74 Å². The molecule has 114 valence electrons. The number of amides is 1. The van der Waals surface area contributed by atoms with Crippen LogP contribution in [0.15, 0.2) is 54.9 Å². The van der Waals surface area contributed by atoms with E-state index in [9.17, 15) is 4.79 Å². The number of carbonyl (C=O) groups is 1. The molecule has 0 N–H and O–H groups in total. The average molecular weight is 296 g/mol. The third kappa shape index (κ3) is 3.71. The Bertz CT molecular complexity index is 601. The maximum Gasteiger partial charge on any atom is 0.223 e. The molecule has 22 heavy (non-hydrogen) atoms. The van der Waals surface area contributed by atoms with Crippen LogP contribution < -0.4 is 0 Å². The zero-order valence-corrected chi connectivity index (χ0v) is 12.5. The Balaban J connectivity index is 1.56. The molecule has 1 unspecified atom stereocenters. The van der Waals surface area contributed by atoms with E-state index in [0.29, 0.717) is 26.1 Å². The summed E-state index contributed by atoms with van der Waals surface area (Å²) in [4.78, 5) is 18.4. The number of carbonyl (C=O) groups excluding carboxylic acids is 1. The van der Waals surface area contributed by atoms with Crippen LogP contribution in [-0.2, 0) is 16.0 Å². The first-order valence-corrected chi connectivity index (χ1v) is 7.66. The number of hydrogen-bond acceptors (Lipinski definition) is 3. The quantitative estimate of drug-likeness (QED) is 0.871. The monoisotopic (exact) mass is 296 g/mol. The summed E-state index contributed by atoms with van der Waals surface area (Å²) < 4.78 is 5.80. The molecule has 3 rings (SSSR count). The van der Waals surface area contributed by atoms with Gasteiger partial charge in [-0.25, -0.2) is 0 Å². The van der Waals surface area contributed by atoms with E-state index < -0.39 is 0 Å². The lowest BCUT2D eigenvalue weighted by atomic mass is 10.1. The van der Waals surface area contributed by atoms with Crippen molar-refractivity contribution in [2.24, 2.45) is 0 Å². The maximum absolute atomic E-state index is 12.4. The molecule has 1 saturated heterocycles. The molecule has 1 aliphatic heterocycles. The van der Waals surface area contributed by atoms with Crippen molar-refractivity contribution < 1.29 is 9.53 Å². The van der Waals surface area contributed by atoms with Crippen LogP contribution in [0, 0.1) is 0 Å². The van der Waals surface area contributed by atoms with E-state index in [1.165, 1.54) is 0 Å². The molecular weight excluding hydrogens is 276 g/mol. The van der Waals surface area contributed by atoms with E-state index in [0.717, 1.165) is 17.5 Å². The van der Waals surface area contributed by atoms with Crippen LogP contribution in [0.5, 0.6) is 0 Å². The predicted molar refractivity (Wildman–Crippen MR) is 84.3 cm³/mol. The molecule has 0 radical (unpaired) electrons. The van der Waals surface area contributed by atoms with E-state index >= 15 is 0 Å². The van der Waals surface area contributed by atoms with Gasteiger partial charge in [0.25, 0.3) is 0 Å². The first-order chi connectivity index (χ1) is 10.8. The number of ether oxygens (including phenoxy) is 1. The van der Waals surface area contributed by atoms with E-state index in [2.05, 4.69) is 4.98 Å². The number of pyridine rings is 1. The molecule has 1 aliphatic rings. The molecule has 0 bridgehead atoms. The smallest absolute Gasteiger partial charge is 0.223 e. The Labute approximate surface area is 130 Å². The summed E-state index contributed by atoms with van der Waals surface area (Å²) in [6.07, 6.45) is 4.81. The highest BCUT2D eigenvalue weighted by Gasteiger charge is 2.24. The first-order valence-electron chi connectivity index (χ1n) is 7.66. The lowest BCUT2D eigenvalue weighted by Gasteiger charge is -2.33. The molecule has 1 aromatic carbocycles. The molecule has 1 amide bonds. The Morgan fingerprint density at radius 1 is 1.23 bits per heavy atom. The van der Waals surface area contributed by atoms with Gasteiger partial charge in [0.05, 0.1) is 13.2 Å². The second-order valence-electron chi connectivity index (χ2n) is 5.47. The minimum atomic E-state index is -0.0164. The highest BCUT2D eigenvalue weighted by Crippen LogP contribution is 2.22. The van der Waals surface area contributed by atoms with E-state index in [-0.39, 0.29) is 12.0 Å². The summed E-state index contributed by atoms with van der Waals surface area (Å²) >= 11 is 0. The summed E-state index contributed by atoms with van der Waals surface area (Å²) in [5.41, 5.74) is 2.23. The van der Waals surface area contributed by atoms with Gasteiger partial charge in [-0.15, -0.1) is 0 Å². The van der Waals surface area contributed by atoms with Crippen LogP contribution in [0.3, 0.4) is 0 Å². The SMILES string of the molecule is O=C(CCc1cccnc1)N1CCOC(c2ccccc2)C1. The molecule has 0 spiro atoms. The number of aromatic nitrogens is 1. The van der Waals surface area contributed by atoms with Gasteiger partial charge in [-0.2, -0.15) is 0 Å². The van der Waals surface area contributed by atoms with Gasteiger partial charge >= 0.3 is 0 Å². The Kier molecular flexibility index (Phi) is 4.81. The van der Waals surface area contributed by atoms with Gasteiger partial charge in [-0.1, -0.05) is 36.4 Å². The fourth-order valence-corrected chi connectivity index (χ4v) is 2.70. The van der Waals surface area contributed by atoms with Crippen molar-refractivity contribution in [2.75, 3.05) is 19.7 Å². The number of rotatable bonds is 4. The summed E-state index contributed by atoms with van der Waals surface area (Å²) in [5.74, 6) is 0.188. The summed E-state index contributed by atoms with van der Waals surface area (Å²) in [6.45, 7) is 1.91. The van der Waals surface area contributed by atoms with Gasteiger partial charge < -0.3 is 9.64 Å². The molecule has 1 aromatic heterocycles. The van der Waals surface area contributed by atoms with Crippen molar-refractivity contribution in [1.82, 2.24) is 9.88 Å². The molecular formula is C18H20N2O2. The Morgan fingerprint density at radius 2 is 2.09 bits per heavy atom. The van der Waals surface area contributed by atoms with Crippen molar-refractivity contribution in [3.8, 4) is 0 Å². The minimum Gasteiger partial charge on any atom is -0.370 e. The third-order valence-electron chi connectivity index (χ3n) is 3.94. The minimum absolute atomic E-state index is 0.0164. The zero-order valence-electron chi connectivity index (χ0n) is 12.5. The second kappa shape index (κ2) is 7.18. The molecule has 0 saturated carbocycles. The van der Waals surface area contributed by atoms with E-state index in [1.54, 1.807) is 6.20 Å². The molecule has 0 aliphatic carbocycles. The van der Waals surface area contributed by atoms with Crippen LogP contribution in [0.4, 0.5) is 0 Å². The number of morpholine rings is 1. The van der Waals surface area contributed by atoms with E-state index in [1.807, 2.05) is 53.6 Å². The molecule has 4 heteroatoms. The fraction of sp³-hybridized carbons (Fsp3) is 0.333. The Morgan fingerprint density at radius 3 is 2.86 bits per heavy atom. The number of hydrogen-bond donors (Lipinski definition) is 0. The van der Waals surface area contributed by atoms with Gasteiger partial charge in [0.2, 0.25) is 5.91 Å². The van der Waals surface area contributed by atoms with Crippen LogP contribution in [0.1, 0.15) is 23.7 Å². The fourth-order valence-electron chi connectivity index (χ4n) is 2.70. The highest BCUT2D eigenvalue weighted by atomic mass is 16.5. The summed E-state index contributed by atoms with van der Waals surface area (Å²) in [5, 5.41) is 0. The normalized spacial score (nSPS) is 18.2. The molecule has 1 atom stereocenters. The number of aryl methyl sites for hydroxylation is 1. The predicted octanol–water partition coefficient (Wildman–Crippen LogP) is 2.61. The number of nitrogens with zero attached hydrogens (tertiary/aromatic N) is 2. The van der Waals surface area contributed by atoms with Gasteiger partial charge in [0.1, 0.15) is 6.10 Å². The van der Waals surface area contributed by atoms with Crippen LogP contribution in [0.2, 0.25) is 0 Å². The van der Waals surface area contributed by atoms with Crippen LogP contribution in [0.25, 0.3) is 0 Å². The largest absolute Gasteiger partial charge is 0.370 e. The van der Waals surface area contributed by atoms with Crippen LogP contribution in [-0.4, -0.2) is 35.5 Å². The third-order valence-corrected chi connectivity index (χ3v) is 3.94. The highest BCUT2D eigenvalue weighted by molar-refractivity contribution is 5.76. The second-order valence-corrected chi connectivity index (χ2v) is 5.47. The van der Waals surface area contributed by atoms with Gasteiger partial charge in [-0.05, 0) is 23.6 Å². The maximum atomic E-state index is 12.4. The molecule has 2 aromatic rings. The Hall–Kier alpha value is -2.20. The molecule has 1 fully saturated rings. The van der Waals surface area contributed by atoms with Crippen molar-refractivity contribution in [2.45, 2.75) is 18.9 Å². The lowest BCUT2D eigenvalue weighted by Crippen LogP contribution is -2.42. The van der Waals surface area contributed by atoms with Crippen molar-refractivity contribution in [3.63, 3.8) is 0 Å². The zero-order chi connectivity index (χ0) is 15.2. The average Bonchev–Trinajstić information content (AvgIpc) is 2.61. The number of benzene rings is 1. The summed E-state index contributed by atoms with van der Waals surface area (Å²) in [6, 6.07) is 14.0.